The Hall–Kier alpha value is -4.85. The second-order valence-corrected chi connectivity index (χ2v) is 7.76. The molecule has 5 rings (SSSR count). The van der Waals surface area contributed by atoms with E-state index in [0.717, 1.165) is 40.4 Å². The van der Waals surface area contributed by atoms with Gasteiger partial charge < -0.3 is 10.1 Å². The van der Waals surface area contributed by atoms with Gasteiger partial charge in [-0.25, -0.2) is 22.9 Å². The fraction of sp³-hybridized carbons (Fsp3) is 0.125. The molecule has 35 heavy (non-hydrogen) atoms. The van der Waals surface area contributed by atoms with Crippen LogP contribution in [0.15, 0.2) is 64.4 Å². The van der Waals surface area contributed by atoms with Gasteiger partial charge in [-0.3, -0.25) is 9.55 Å². The van der Waals surface area contributed by atoms with E-state index >= 15 is 0 Å². The normalized spacial score (nSPS) is 12.0. The summed E-state index contributed by atoms with van der Waals surface area (Å²) in [6, 6.07) is 11.9. The smallest absolute Gasteiger partial charge is 0.359 e. The maximum absolute atomic E-state index is 13.8. The first-order chi connectivity index (χ1) is 16.9. The van der Waals surface area contributed by atoms with Gasteiger partial charge in [0.1, 0.15) is 23.5 Å². The summed E-state index contributed by atoms with van der Waals surface area (Å²) in [7, 11) is 0. The average molecular weight is 474 g/mol. The van der Waals surface area contributed by atoms with Crippen molar-refractivity contribution in [1.82, 2.24) is 19.1 Å². The quantitative estimate of drug-likeness (QED) is 0.473. The van der Waals surface area contributed by atoms with E-state index in [2.05, 4.69) is 15.3 Å². The Morgan fingerprint density at radius 1 is 1.11 bits per heavy atom. The molecule has 0 saturated carbocycles. The fourth-order valence-corrected chi connectivity index (χ4v) is 3.81. The van der Waals surface area contributed by atoms with Gasteiger partial charge in [0.05, 0.1) is 36.8 Å². The maximum Gasteiger partial charge on any atom is 0.359 e. The zero-order valence-electron chi connectivity index (χ0n) is 18.0. The van der Waals surface area contributed by atoms with E-state index in [1.807, 2.05) is 6.07 Å². The molecular weight excluding hydrogens is 458 g/mol. The minimum Gasteiger partial charge on any atom is -0.493 e. The van der Waals surface area contributed by atoms with Gasteiger partial charge in [0, 0.05) is 18.2 Å². The first kappa shape index (κ1) is 22.0. The highest BCUT2D eigenvalue weighted by molar-refractivity contribution is 5.58. The molecule has 0 amide bonds. The van der Waals surface area contributed by atoms with Crippen LogP contribution in [0.25, 0.3) is 5.69 Å². The summed E-state index contributed by atoms with van der Waals surface area (Å²) in [4.78, 5) is 34.0. The number of anilines is 2. The topological polar surface area (TPSA) is 115 Å². The molecule has 0 spiro atoms. The van der Waals surface area contributed by atoms with Crippen LogP contribution in [0.5, 0.6) is 5.75 Å². The van der Waals surface area contributed by atoms with Crippen LogP contribution in [-0.2, 0) is 13.0 Å². The number of fused-ring (bicyclic) bond motifs is 1. The van der Waals surface area contributed by atoms with E-state index in [0.29, 0.717) is 28.8 Å². The number of hydrogen-bond donors (Lipinski definition) is 1. The van der Waals surface area contributed by atoms with Crippen molar-refractivity contribution < 1.29 is 13.5 Å². The van der Waals surface area contributed by atoms with Gasteiger partial charge in [0.25, 0.3) is 0 Å². The van der Waals surface area contributed by atoms with Crippen molar-refractivity contribution in [3.8, 4) is 17.5 Å². The molecule has 0 aliphatic carbocycles. The summed E-state index contributed by atoms with van der Waals surface area (Å²) in [6.07, 6.45) is 2.82. The first-order valence-corrected chi connectivity index (χ1v) is 10.5. The van der Waals surface area contributed by atoms with Gasteiger partial charge in [0.15, 0.2) is 0 Å². The van der Waals surface area contributed by atoms with E-state index in [1.54, 1.807) is 18.2 Å². The van der Waals surface area contributed by atoms with Crippen LogP contribution in [0.1, 0.15) is 16.7 Å². The Labute approximate surface area is 196 Å². The summed E-state index contributed by atoms with van der Waals surface area (Å²) in [5, 5.41) is 12.2. The third kappa shape index (κ3) is 4.24. The Balaban J connectivity index is 1.65. The van der Waals surface area contributed by atoms with Gasteiger partial charge >= 0.3 is 11.4 Å². The Kier molecular flexibility index (Phi) is 5.54. The van der Waals surface area contributed by atoms with E-state index in [-0.39, 0.29) is 23.7 Å². The molecule has 1 aliphatic rings. The fourth-order valence-electron chi connectivity index (χ4n) is 3.81. The number of ether oxygens (including phenoxy) is 1. The van der Waals surface area contributed by atoms with Gasteiger partial charge in [-0.15, -0.1) is 0 Å². The maximum atomic E-state index is 13.8. The van der Waals surface area contributed by atoms with Crippen molar-refractivity contribution in [2.45, 2.75) is 13.0 Å². The monoisotopic (exact) mass is 474 g/mol. The number of nitrogens with zero attached hydrogens (tertiary/aromatic N) is 5. The van der Waals surface area contributed by atoms with Crippen LogP contribution in [0.3, 0.4) is 0 Å². The standard InChI is InChI=1S/C24H16F2N6O3/c25-17-9-19(12-28-11-17)32-23(33)30-22(29-18-2-4-21-15(8-18)5-6-35-21)31(24(32)34)13-14-1-3-20(26)16(7-14)10-27/h1-4,7-9,11-12H,5-6,13H2,(H,29,30,33). The number of aromatic nitrogens is 4. The van der Waals surface area contributed by atoms with Gasteiger partial charge in [-0.2, -0.15) is 10.2 Å². The van der Waals surface area contributed by atoms with Crippen LogP contribution < -0.4 is 21.4 Å². The van der Waals surface area contributed by atoms with Crippen LogP contribution in [0.4, 0.5) is 20.4 Å². The minimum atomic E-state index is -0.942. The predicted octanol–water partition coefficient (Wildman–Crippen LogP) is 2.67. The Morgan fingerprint density at radius 3 is 2.77 bits per heavy atom. The molecule has 174 valence electrons. The average Bonchev–Trinajstić information content (AvgIpc) is 3.30. The Bertz CT molecular complexity index is 1620. The van der Waals surface area contributed by atoms with Crippen LogP contribution in [-0.4, -0.2) is 25.7 Å². The summed E-state index contributed by atoms with van der Waals surface area (Å²) in [5.41, 5.74) is -0.121. The number of nitrogens with one attached hydrogen (secondary N) is 1. The van der Waals surface area contributed by atoms with E-state index in [9.17, 15) is 18.4 Å². The molecule has 0 atom stereocenters. The van der Waals surface area contributed by atoms with Gasteiger partial charge in [-0.05, 0) is 41.5 Å². The number of halogens is 2. The second-order valence-electron chi connectivity index (χ2n) is 7.76. The zero-order valence-corrected chi connectivity index (χ0v) is 18.0. The van der Waals surface area contributed by atoms with Crippen molar-refractivity contribution in [2.75, 3.05) is 11.9 Å². The molecule has 0 bridgehead atoms. The second kappa shape index (κ2) is 8.83. The molecule has 3 heterocycles. The van der Waals surface area contributed by atoms with Crippen molar-refractivity contribution in [1.29, 1.82) is 5.26 Å². The largest absolute Gasteiger partial charge is 0.493 e. The van der Waals surface area contributed by atoms with Gasteiger partial charge in [-0.1, -0.05) is 6.07 Å². The minimum absolute atomic E-state index is 0.0812. The molecule has 2 aromatic carbocycles. The number of pyridine rings is 1. The van der Waals surface area contributed by atoms with Crippen molar-refractivity contribution in [3.63, 3.8) is 0 Å². The first-order valence-electron chi connectivity index (χ1n) is 10.5. The zero-order chi connectivity index (χ0) is 24.5. The molecule has 0 saturated heterocycles. The summed E-state index contributed by atoms with van der Waals surface area (Å²) >= 11 is 0. The lowest BCUT2D eigenvalue weighted by atomic mass is 10.1. The summed E-state index contributed by atoms with van der Waals surface area (Å²) in [6.45, 7) is 0.408. The third-order valence-electron chi connectivity index (χ3n) is 5.46. The van der Waals surface area contributed by atoms with Gasteiger partial charge in [0.2, 0.25) is 5.95 Å². The highest BCUT2D eigenvalue weighted by Crippen LogP contribution is 2.29. The van der Waals surface area contributed by atoms with E-state index in [1.165, 1.54) is 12.1 Å². The molecule has 0 radical (unpaired) electrons. The number of benzene rings is 2. The molecule has 4 aromatic rings. The summed E-state index contributed by atoms with van der Waals surface area (Å²) in [5.74, 6) is -0.760. The molecule has 0 unspecified atom stereocenters. The van der Waals surface area contributed by atoms with Crippen molar-refractivity contribution in [2.24, 2.45) is 0 Å². The molecule has 9 nitrogen and oxygen atoms in total. The lowest BCUT2D eigenvalue weighted by Gasteiger charge is -2.16. The van der Waals surface area contributed by atoms with E-state index in [4.69, 9.17) is 10.00 Å². The third-order valence-corrected chi connectivity index (χ3v) is 5.46. The van der Waals surface area contributed by atoms with E-state index < -0.39 is 23.0 Å². The van der Waals surface area contributed by atoms with Crippen molar-refractivity contribution in [3.05, 3.63) is 104 Å². The number of hydrogen-bond acceptors (Lipinski definition) is 7. The molecule has 0 fully saturated rings. The molecular formula is C24H16F2N6O3. The molecule has 11 heteroatoms. The lowest BCUT2D eigenvalue weighted by molar-refractivity contribution is 0.357. The Morgan fingerprint density at radius 2 is 1.97 bits per heavy atom. The molecule has 1 aliphatic heterocycles. The SMILES string of the molecule is N#Cc1cc(Cn2c(Nc3ccc4c(c3)CCO4)nc(=O)n(-c3cncc(F)c3)c2=O)ccc1F. The lowest BCUT2D eigenvalue weighted by Crippen LogP contribution is -2.41. The number of rotatable bonds is 5. The highest BCUT2D eigenvalue weighted by Gasteiger charge is 2.18. The summed E-state index contributed by atoms with van der Waals surface area (Å²) < 4.78 is 34.9. The predicted molar refractivity (Wildman–Crippen MR) is 121 cm³/mol. The highest BCUT2D eigenvalue weighted by atomic mass is 19.1. The molecule has 2 aromatic heterocycles. The number of nitriles is 1. The van der Waals surface area contributed by atoms with Crippen LogP contribution in [0, 0.1) is 23.0 Å². The van der Waals surface area contributed by atoms with Crippen LogP contribution >= 0.6 is 0 Å². The van der Waals surface area contributed by atoms with Crippen LogP contribution in [0.2, 0.25) is 0 Å². The molecule has 1 N–H and O–H groups in total. The van der Waals surface area contributed by atoms with Crippen molar-refractivity contribution >= 4 is 11.6 Å².